The molecule has 4 nitrogen and oxygen atoms in total. The van der Waals surface area contributed by atoms with Crippen molar-refractivity contribution in [3.63, 3.8) is 0 Å². The van der Waals surface area contributed by atoms with E-state index < -0.39 is 0 Å². The molecule has 2 aromatic carbocycles. The van der Waals surface area contributed by atoms with Crippen molar-refractivity contribution >= 4 is 0 Å². The summed E-state index contributed by atoms with van der Waals surface area (Å²) >= 11 is 0. The van der Waals surface area contributed by atoms with Crippen LogP contribution in [0.1, 0.15) is 62.5 Å². The van der Waals surface area contributed by atoms with Crippen LogP contribution < -0.4 is 18.9 Å². The first-order valence-corrected chi connectivity index (χ1v) is 11.2. The van der Waals surface area contributed by atoms with Crippen molar-refractivity contribution in [1.82, 2.24) is 0 Å². The SMILES string of the molecule is COc1ccc2c(c1)OC(c1cc(CC=C(C)C)c(OC)c(OC)c1CC=C(C)C)CC2. The van der Waals surface area contributed by atoms with E-state index in [1.165, 1.54) is 22.3 Å². The summed E-state index contributed by atoms with van der Waals surface area (Å²) in [4.78, 5) is 0. The van der Waals surface area contributed by atoms with Crippen LogP contribution in [0, 0.1) is 0 Å². The molecule has 1 atom stereocenters. The van der Waals surface area contributed by atoms with Crippen molar-refractivity contribution in [3.05, 3.63) is 69.8 Å². The zero-order valence-electron chi connectivity index (χ0n) is 20.5. The van der Waals surface area contributed by atoms with E-state index in [1.807, 2.05) is 12.1 Å². The van der Waals surface area contributed by atoms with Gasteiger partial charge in [-0.05, 0) is 71.1 Å². The lowest BCUT2D eigenvalue weighted by molar-refractivity contribution is 0.174. The molecule has 0 aliphatic carbocycles. The largest absolute Gasteiger partial charge is 0.497 e. The second-order valence-electron chi connectivity index (χ2n) is 8.76. The number of hydrogen-bond donors (Lipinski definition) is 0. The van der Waals surface area contributed by atoms with Crippen LogP contribution in [0.2, 0.25) is 0 Å². The summed E-state index contributed by atoms with van der Waals surface area (Å²) in [5, 5.41) is 0. The van der Waals surface area contributed by atoms with Crippen molar-refractivity contribution < 1.29 is 18.9 Å². The third-order valence-electron chi connectivity index (χ3n) is 5.87. The van der Waals surface area contributed by atoms with Gasteiger partial charge in [-0.3, -0.25) is 0 Å². The summed E-state index contributed by atoms with van der Waals surface area (Å²) in [5.41, 5.74) is 7.18. The summed E-state index contributed by atoms with van der Waals surface area (Å²) in [5.74, 6) is 3.32. The Bertz CT molecular complexity index is 1010. The molecule has 0 amide bonds. The van der Waals surface area contributed by atoms with E-state index in [2.05, 4.69) is 52.0 Å². The fraction of sp³-hybridized carbons (Fsp3) is 0.429. The minimum Gasteiger partial charge on any atom is -0.497 e. The van der Waals surface area contributed by atoms with E-state index in [0.29, 0.717) is 0 Å². The van der Waals surface area contributed by atoms with Gasteiger partial charge in [-0.15, -0.1) is 0 Å². The number of benzene rings is 2. The Morgan fingerprint density at radius 2 is 1.59 bits per heavy atom. The van der Waals surface area contributed by atoms with Crippen molar-refractivity contribution in [2.24, 2.45) is 0 Å². The molecule has 32 heavy (non-hydrogen) atoms. The van der Waals surface area contributed by atoms with Crippen molar-refractivity contribution in [3.8, 4) is 23.0 Å². The molecule has 2 aromatic rings. The molecule has 4 heteroatoms. The van der Waals surface area contributed by atoms with E-state index in [0.717, 1.165) is 59.8 Å². The molecular formula is C28H36O4. The van der Waals surface area contributed by atoms with Gasteiger partial charge in [0.1, 0.15) is 17.6 Å². The Morgan fingerprint density at radius 3 is 2.22 bits per heavy atom. The van der Waals surface area contributed by atoms with Crippen LogP contribution in [0.25, 0.3) is 0 Å². The van der Waals surface area contributed by atoms with Gasteiger partial charge in [-0.1, -0.05) is 29.4 Å². The van der Waals surface area contributed by atoms with Crippen LogP contribution in [-0.4, -0.2) is 21.3 Å². The molecular weight excluding hydrogens is 400 g/mol. The van der Waals surface area contributed by atoms with Gasteiger partial charge >= 0.3 is 0 Å². The predicted molar refractivity (Wildman–Crippen MR) is 131 cm³/mol. The number of fused-ring (bicyclic) bond motifs is 1. The van der Waals surface area contributed by atoms with E-state index in [-0.39, 0.29) is 6.10 Å². The molecule has 1 unspecified atom stereocenters. The smallest absolute Gasteiger partial charge is 0.164 e. The van der Waals surface area contributed by atoms with Crippen LogP contribution >= 0.6 is 0 Å². The number of rotatable bonds is 8. The molecule has 172 valence electrons. The summed E-state index contributed by atoms with van der Waals surface area (Å²) in [6, 6.07) is 8.34. The highest BCUT2D eigenvalue weighted by Crippen LogP contribution is 2.44. The molecule has 0 spiro atoms. The highest BCUT2D eigenvalue weighted by molar-refractivity contribution is 5.58. The maximum absolute atomic E-state index is 6.55. The molecule has 0 aromatic heterocycles. The lowest BCUT2D eigenvalue weighted by atomic mass is 9.89. The number of ether oxygens (including phenoxy) is 4. The van der Waals surface area contributed by atoms with Gasteiger partial charge in [-0.2, -0.15) is 0 Å². The van der Waals surface area contributed by atoms with Crippen LogP contribution in [0.5, 0.6) is 23.0 Å². The van der Waals surface area contributed by atoms with Gasteiger partial charge in [0.15, 0.2) is 11.5 Å². The molecule has 0 bridgehead atoms. The summed E-state index contributed by atoms with van der Waals surface area (Å²) in [6.07, 6.45) is 7.83. The fourth-order valence-corrected chi connectivity index (χ4v) is 4.16. The van der Waals surface area contributed by atoms with Crippen molar-refractivity contribution in [2.75, 3.05) is 21.3 Å². The highest BCUT2D eigenvalue weighted by atomic mass is 16.5. The summed E-state index contributed by atoms with van der Waals surface area (Å²) < 4.78 is 23.7. The third kappa shape index (κ3) is 5.29. The van der Waals surface area contributed by atoms with Crippen molar-refractivity contribution in [1.29, 1.82) is 0 Å². The second-order valence-corrected chi connectivity index (χ2v) is 8.76. The predicted octanol–water partition coefficient (Wildman–Crippen LogP) is 6.80. The maximum Gasteiger partial charge on any atom is 0.164 e. The Labute approximate surface area is 192 Å². The highest BCUT2D eigenvalue weighted by Gasteiger charge is 2.28. The van der Waals surface area contributed by atoms with E-state index in [4.69, 9.17) is 18.9 Å². The molecule has 0 saturated heterocycles. The fourth-order valence-electron chi connectivity index (χ4n) is 4.16. The van der Waals surface area contributed by atoms with Crippen molar-refractivity contribution in [2.45, 2.75) is 59.5 Å². The average molecular weight is 437 g/mol. The molecule has 0 fully saturated rings. The van der Waals surface area contributed by atoms with Gasteiger partial charge in [0.25, 0.3) is 0 Å². The second kappa shape index (κ2) is 10.6. The lowest BCUT2D eigenvalue weighted by Crippen LogP contribution is -2.18. The molecule has 0 saturated carbocycles. The Morgan fingerprint density at radius 1 is 0.906 bits per heavy atom. The topological polar surface area (TPSA) is 36.9 Å². The average Bonchev–Trinajstić information content (AvgIpc) is 2.79. The maximum atomic E-state index is 6.55. The number of allylic oxidation sites excluding steroid dienone is 4. The van der Waals surface area contributed by atoms with Crippen LogP contribution in [0.3, 0.4) is 0 Å². The zero-order chi connectivity index (χ0) is 23.3. The monoisotopic (exact) mass is 436 g/mol. The molecule has 1 aliphatic heterocycles. The Kier molecular flexibility index (Phi) is 7.89. The van der Waals surface area contributed by atoms with Gasteiger partial charge in [0, 0.05) is 22.8 Å². The van der Waals surface area contributed by atoms with Crippen LogP contribution in [0.15, 0.2) is 47.6 Å². The van der Waals surface area contributed by atoms with Gasteiger partial charge < -0.3 is 18.9 Å². The summed E-state index contributed by atoms with van der Waals surface area (Å²) in [7, 11) is 5.12. The first-order valence-electron chi connectivity index (χ1n) is 11.2. The van der Waals surface area contributed by atoms with E-state index in [1.54, 1.807) is 21.3 Å². The van der Waals surface area contributed by atoms with Gasteiger partial charge in [0.05, 0.1) is 21.3 Å². The van der Waals surface area contributed by atoms with E-state index >= 15 is 0 Å². The van der Waals surface area contributed by atoms with Crippen LogP contribution in [-0.2, 0) is 19.3 Å². The minimum atomic E-state index is -0.0552. The van der Waals surface area contributed by atoms with Gasteiger partial charge in [0.2, 0.25) is 0 Å². The zero-order valence-corrected chi connectivity index (χ0v) is 20.5. The number of hydrogen-bond acceptors (Lipinski definition) is 4. The molecule has 0 N–H and O–H groups in total. The Hall–Kier alpha value is -2.88. The van der Waals surface area contributed by atoms with Crippen LogP contribution in [0.4, 0.5) is 0 Å². The molecule has 1 heterocycles. The molecule has 1 aliphatic rings. The minimum absolute atomic E-state index is 0.0552. The quantitative estimate of drug-likeness (QED) is 0.427. The molecule has 3 rings (SSSR count). The van der Waals surface area contributed by atoms with E-state index in [9.17, 15) is 0 Å². The number of aryl methyl sites for hydroxylation is 1. The summed E-state index contributed by atoms with van der Waals surface area (Å²) in [6.45, 7) is 8.46. The lowest BCUT2D eigenvalue weighted by Gasteiger charge is -2.30. The molecule has 0 radical (unpaired) electrons. The first kappa shape index (κ1) is 23.8. The Balaban J connectivity index is 2.13. The van der Waals surface area contributed by atoms with Gasteiger partial charge in [-0.25, -0.2) is 0 Å². The number of methoxy groups -OCH3 is 3. The third-order valence-corrected chi connectivity index (χ3v) is 5.87. The normalized spacial score (nSPS) is 14.7. The standard InChI is InChI=1S/C28H36O4/c1-18(2)8-10-21-16-24(23(14-9-19(3)4)28(31-7)27(21)30-6)25-15-12-20-11-13-22(29-5)17-26(20)32-25/h8-9,11,13,16-17,25H,10,12,14-15H2,1-7H3. The first-order chi connectivity index (χ1) is 15.4.